The van der Waals surface area contributed by atoms with Crippen molar-refractivity contribution in [1.29, 1.82) is 0 Å². The molecule has 0 aromatic carbocycles. The minimum absolute atomic E-state index is 0.0430. The summed E-state index contributed by atoms with van der Waals surface area (Å²) in [4.78, 5) is 16.9. The van der Waals surface area contributed by atoms with Crippen LogP contribution < -0.4 is 0 Å². The number of allylic oxidation sites excluding steroid dienone is 5. The maximum Gasteiger partial charge on any atom is 0.410 e. The number of amides is 1. The van der Waals surface area contributed by atoms with E-state index >= 15 is 0 Å². The van der Waals surface area contributed by atoms with Crippen LogP contribution in [0, 0.1) is 46.3 Å². The van der Waals surface area contributed by atoms with Gasteiger partial charge in [-0.05, 0) is 157 Å². The molecule has 1 aliphatic heterocycles. The van der Waals surface area contributed by atoms with Crippen LogP contribution in [0.1, 0.15) is 210 Å². The van der Waals surface area contributed by atoms with Gasteiger partial charge in [0.25, 0.3) is 0 Å². The lowest BCUT2D eigenvalue weighted by molar-refractivity contribution is -0.0743. The molecular weight excluding hydrogens is 857 g/mol. The highest BCUT2D eigenvalue weighted by molar-refractivity contribution is 5.68. The molecule has 1 unspecified atom stereocenters. The van der Waals surface area contributed by atoms with Crippen LogP contribution in [0.3, 0.4) is 0 Å². The lowest BCUT2D eigenvalue weighted by Gasteiger charge is -2.58. The van der Waals surface area contributed by atoms with Crippen molar-refractivity contribution in [3.63, 3.8) is 0 Å². The van der Waals surface area contributed by atoms with E-state index in [1.54, 1.807) is 5.57 Å². The van der Waals surface area contributed by atoms with Crippen LogP contribution in [0.15, 0.2) is 36.0 Å². The predicted molar refractivity (Wildman–Crippen MR) is 288 cm³/mol. The quantitative estimate of drug-likeness (QED) is 0.0491. The maximum absolute atomic E-state index is 12.7. The van der Waals surface area contributed by atoms with Crippen molar-refractivity contribution >= 4 is 6.09 Å². The molecule has 3 saturated carbocycles. The van der Waals surface area contributed by atoms with Crippen LogP contribution in [0.4, 0.5) is 4.79 Å². The van der Waals surface area contributed by atoms with Gasteiger partial charge in [-0.15, -0.1) is 0 Å². The van der Waals surface area contributed by atoms with E-state index in [0.717, 1.165) is 81.0 Å². The minimum Gasteiger partial charge on any atom is -0.444 e. The Bertz CT molecular complexity index is 1510. The Morgan fingerprint density at radius 3 is 2.19 bits per heavy atom. The lowest BCUT2D eigenvalue weighted by atomic mass is 9.47. The zero-order chi connectivity index (χ0) is 49.5. The summed E-state index contributed by atoms with van der Waals surface area (Å²) in [6.07, 6.45) is 41.9. The molecule has 398 valence electrons. The van der Waals surface area contributed by atoms with Gasteiger partial charge in [-0.2, -0.15) is 0 Å². The first-order valence-corrected chi connectivity index (χ1v) is 29.3. The molecule has 0 aromatic heterocycles. The summed E-state index contributed by atoms with van der Waals surface area (Å²) < 4.78 is 31.0. The second-order valence-corrected chi connectivity index (χ2v) is 24.6. The summed E-state index contributed by atoms with van der Waals surface area (Å²) in [5.41, 5.74) is 2.12. The van der Waals surface area contributed by atoms with Crippen LogP contribution >= 0.6 is 0 Å². The predicted octanol–water partition coefficient (Wildman–Crippen LogP) is 15.2. The van der Waals surface area contributed by atoms with Gasteiger partial charge in [0, 0.05) is 39.3 Å². The van der Waals surface area contributed by atoms with Crippen molar-refractivity contribution < 1.29 is 28.5 Å². The van der Waals surface area contributed by atoms with Gasteiger partial charge < -0.3 is 28.6 Å². The number of nitrogens with zero attached hydrogens (tertiary/aromatic N) is 2. The van der Waals surface area contributed by atoms with Gasteiger partial charge >= 0.3 is 6.09 Å². The summed E-state index contributed by atoms with van der Waals surface area (Å²) in [6, 6.07) is 0. The van der Waals surface area contributed by atoms with Crippen molar-refractivity contribution in [2.24, 2.45) is 46.3 Å². The molecule has 69 heavy (non-hydrogen) atoms. The van der Waals surface area contributed by atoms with Crippen molar-refractivity contribution in [2.75, 3.05) is 72.4 Å². The van der Waals surface area contributed by atoms with Crippen LogP contribution in [-0.2, 0) is 23.7 Å². The highest BCUT2D eigenvalue weighted by Gasteiger charge is 2.59. The van der Waals surface area contributed by atoms with Crippen molar-refractivity contribution in [3.05, 3.63) is 36.0 Å². The fourth-order valence-electron chi connectivity index (χ4n) is 13.7. The van der Waals surface area contributed by atoms with Gasteiger partial charge in [-0.1, -0.05) is 135 Å². The first kappa shape index (κ1) is 58.2. The summed E-state index contributed by atoms with van der Waals surface area (Å²) in [5.74, 6) is 5.25. The Balaban J connectivity index is 0.964. The van der Waals surface area contributed by atoms with Crippen molar-refractivity contribution in [2.45, 2.75) is 228 Å². The van der Waals surface area contributed by atoms with Crippen LogP contribution in [0.2, 0.25) is 0 Å². The average Bonchev–Trinajstić information content (AvgIpc) is 3.67. The van der Waals surface area contributed by atoms with Gasteiger partial charge in [0.15, 0.2) is 0 Å². The highest BCUT2D eigenvalue weighted by Crippen LogP contribution is 2.67. The SMILES string of the molecule is CCCCCC=CCC=CCCCCCCCCOCC(CN1CCN(C(=O)OC(C)(C)C)CC1)OCCOCCO[C@H]1CC[C@@]2(C)C(=CC[C@H]3[C@@H]4CC[C@H]([C@H](C)CCCC(C)C)[C@@]4(C)CC[C@@H]32)C1. The smallest absolute Gasteiger partial charge is 0.410 e. The van der Waals surface area contributed by atoms with E-state index in [-0.39, 0.29) is 12.2 Å². The molecule has 0 N–H and O–H groups in total. The zero-order valence-corrected chi connectivity index (χ0v) is 46.4. The van der Waals surface area contributed by atoms with E-state index in [1.807, 2.05) is 25.7 Å². The molecule has 1 amide bonds. The largest absolute Gasteiger partial charge is 0.444 e. The highest BCUT2D eigenvalue weighted by atomic mass is 16.6. The second kappa shape index (κ2) is 30.5. The van der Waals surface area contributed by atoms with Crippen LogP contribution in [-0.4, -0.2) is 106 Å². The van der Waals surface area contributed by atoms with Gasteiger partial charge in [-0.3, -0.25) is 4.90 Å². The van der Waals surface area contributed by atoms with E-state index in [2.05, 4.69) is 76.8 Å². The maximum atomic E-state index is 12.7. The Labute approximate surface area is 425 Å². The number of piperazine rings is 1. The first-order valence-electron chi connectivity index (χ1n) is 29.3. The van der Waals surface area contributed by atoms with Gasteiger partial charge in [0.2, 0.25) is 0 Å². The Hall–Kier alpha value is -1.71. The molecule has 1 saturated heterocycles. The molecule has 0 aromatic rings. The molecule has 0 bridgehead atoms. The Morgan fingerprint density at radius 2 is 1.46 bits per heavy atom. The van der Waals surface area contributed by atoms with Crippen LogP contribution in [0.25, 0.3) is 0 Å². The molecule has 1 heterocycles. The fourth-order valence-corrected chi connectivity index (χ4v) is 13.7. The topological polar surface area (TPSA) is 69.7 Å². The van der Waals surface area contributed by atoms with E-state index in [1.165, 1.54) is 128 Å². The van der Waals surface area contributed by atoms with E-state index in [4.69, 9.17) is 23.7 Å². The van der Waals surface area contributed by atoms with Crippen molar-refractivity contribution in [3.8, 4) is 0 Å². The normalized spacial score (nSPS) is 28.5. The molecule has 4 fully saturated rings. The third kappa shape index (κ3) is 19.3. The molecule has 5 aliphatic rings. The van der Waals surface area contributed by atoms with Crippen LogP contribution in [0.5, 0.6) is 0 Å². The minimum atomic E-state index is -0.487. The molecule has 5 rings (SSSR count). The van der Waals surface area contributed by atoms with E-state index in [9.17, 15) is 4.79 Å². The molecule has 8 nitrogen and oxygen atoms in total. The lowest BCUT2D eigenvalue weighted by Crippen LogP contribution is -2.52. The number of unbranched alkanes of at least 4 members (excludes halogenated alkanes) is 9. The summed E-state index contributed by atoms with van der Waals surface area (Å²) in [6.45, 7) is 28.1. The summed E-state index contributed by atoms with van der Waals surface area (Å²) in [7, 11) is 0. The number of ether oxygens (including phenoxy) is 5. The Kier molecular flexibility index (Phi) is 25.7. The number of carbonyl (C=O) groups excluding carboxylic acids is 1. The van der Waals surface area contributed by atoms with E-state index in [0.29, 0.717) is 63.1 Å². The molecular formula is C61H108N2O6. The first-order chi connectivity index (χ1) is 33.2. The standard InChI is InChI=1S/C61H108N2O6/c1-10-11-12-13-14-15-16-17-18-19-20-21-22-23-24-25-41-66-48-53(47-62-37-39-63(40-38-62)58(64)69-59(5,6)7)68-45-43-65-42-44-67-52-33-35-60(8)51(46-52)29-30-54-56-32-31-55(50(4)28-26-27-49(2)3)61(56,9)36-34-57(54)60/h14-15,17-18,29,49-50,52-57H,10-13,16,19-28,30-48H2,1-9H3/t50-,52+,53?,54+,55-,56+,57+,60+,61-/m1/s1. The molecule has 0 spiro atoms. The zero-order valence-electron chi connectivity index (χ0n) is 46.4. The molecule has 4 aliphatic carbocycles. The second-order valence-electron chi connectivity index (χ2n) is 24.6. The number of hydrogen-bond donors (Lipinski definition) is 0. The molecule has 9 atom stereocenters. The summed E-state index contributed by atoms with van der Waals surface area (Å²) >= 11 is 0. The average molecular weight is 966 g/mol. The third-order valence-electron chi connectivity index (χ3n) is 17.7. The van der Waals surface area contributed by atoms with Gasteiger partial charge in [0.05, 0.1) is 45.2 Å². The summed E-state index contributed by atoms with van der Waals surface area (Å²) in [5, 5.41) is 0. The third-order valence-corrected chi connectivity index (χ3v) is 17.7. The van der Waals surface area contributed by atoms with Gasteiger partial charge in [0.1, 0.15) is 5.60 Å². The Morgan fingerprint density at radius 1 is 0.754 bits per heavy atom. The number of hydrogen-bond acceptors (Lipinski definition) is 7. The van der Waals surface area contributed by atoms with Crippen molar-refractivity contribution in [1.82, 2.24) is 9.80 Å². The molecule has 8 heteroatoms. The molecule has 0 radical (unpaired) electrons. The number of rotatable bonds is 32. The number of fused-ring (bicyclic) bond motifs is 5. The monoisotopic (exact) mass is 965 g/mol. The fraction of sp³-hybridized carbons (Fsp3) is 0.885. The van der Waals surface area contributed by atoms with E-state index < -0.39 is 5.60 Å². The number of carbonyl (C=O) groups is 1. The van der Waals surface area contributed by atoms with Gasteiger partial charge in [-0.25, -0.2) is 4.79 Å².